The molecule has 1 amide bonds. The highest BCUT2D eigenvalue weighted by Crippen LogP contribution is 1.87. The molecule has 0 heterocycles. The highest BCUT2D eigenvalue weighted by atomic mass is 32.2. The summed E-state index contributed by atoms with van der Waals surface area (Å²) in [7, 11) is 0. The van der Waals surface area contributed by atoms with Crippen molar-refractivity contribution in [2.45, 2.75) is 0 Å². The summed E-state index contributed by atoms with van der Waals surface area (Å²) in [6.45, 7) is 0. The standard InChI is InChI=1S/C3H6FNOS/c1-7-2-3(6)5-4/h2H2,1H3,(H,5,6). The Kier molecular flexibility index (Phi) is 3.78. The van der Waals surface area contributed by atoms with Crippen molar-refractivity contribution in [3.63, 3.8) is 0 Å². The third-order valence-electron chi connectivity index (χ3n) is 0.381. The van der Waals surface area contributed by atoms with Gasteiger partial charge in [0.05, 0.1) is 5.75 Å². The number of halogens is 1. The summed E-state index contributed by atoms with van der Waals surface area (Å²) in [4.78, 5) is 9.90. The number of amides is 1. The molecule has 0 spiro atoms. The average Bonchev–Trinajstić information content (AvgIpc) is 1.68. The molecule has 0 atom stereocenters. The van der Waals surface area contributed by atoms with Gasteiger partial charge in [0.15, 0.2) is 0 Å². The zero-order chi connectivity index (χ0) is 5.70. The fourth-order valence-electron chi connectivity index (χ4n) is 0.158. The molecule has 7 heavy (non-hydrogen) atoms. The second kappa shape index (κ2) is 3.92. The topological polar surface area (TPSA) is 29.1 Å². The zero-order valence-electron chi connectivity index (χ0n) is 3.90. The van der Waals surface area contributed by atoms with Gasteiger partial charge in [-0.05, 0) is 6.26 Å². The molecule has 0 aromatic heterocycles. The van der Waals surface area contributed by atoms with E-state index in [0.717, 1.165) is 5.54 Å². The van der Waals surface area contributed by atoms with Gasteiger partial charge in [-0.15, -0.1) is 4.48 Å². The van der Waals surface area contributed by atoms with Crippen LogP contribution in [0.1, 0.15) is 0 Å². The van der Waals surface area contributed by atoms with E-state index in [0.29, 0.717) is 0 Å². The van der Waals surface area contributed by atoms with Crippen molar-refractivity contribution in [1.82, 2.24) is 5.54 Å². The van der Waals surface area contributed by atoms with Crippen LogP contribution in [0.25, 0.3) is 0 Å². The molecular formula is C3H6FNOS. The fourth-order valence-corrected chi connectivity index (χ4v) is 0.475. The van der Waals surface area contributed by atoms with Gasteiger partial charge in [0, 0.05) is 0 Å². The van der Waals surface area contributed by atoms with Crippen molar-refractivity contribution in [3.8, 4) is 0 Å². The van der Waals surface area contributed by atoms with Gasteiger partial charge in [-0.3, -0.25) is 4.79 Å². The summed E-state index contributed by atoms with van der Waals surface area (Å²) in [6.07, 6.45) is 1.73. The molecule has 0 bridgehead atoms. The van der Waals surface area contributed by atoms with Gasteiger partial charge < -0.3 is 0 Å². The van der Waals surface area contributed by atoms with Gasteiger partial charge in [-0.25, -0.2) is 0 Å². The van der Waals surface area contributed by atoms with Crippen LogP contribution in [-0.4, -0.2) is 17.9 Å². The molecule has 0 aromatic carbocycles. The molecule has 0 radical (unpaired) electrons. The minimum absolute atomic E-state index is 0.191. The van der Waals surface area contributed by atoms with Crippen LogP contribution in [0.2, 0.25) is 0 Å². The van der Waals surface area contributed by atoms with Crippen LogP contribution < -0.4 is 5.54 Å². The highest BCUT2D eigenvalue weighted by Gasteiger charge is 1.93. The van der Waals surface area contributed by atoms with Crippen molar-refractivity contribution in [3.05, 3.63) is 0 Å². The van der Waals surface area contributed by atoms with Gasteiger partial charge >= 0.3 is 0 Å². The van der Waals surface area contributed by atoms with E-state index in [2.05, 4.69) is 0 Å². The summed E-state index contributed by atoms with van der Waals surface area (Å²) < 4.78 is 11.0. The molecule has 0 saturated heterocycles. The minimum atomic E-state index is -0.576. The molecule has 0 unspecified atom stereocenters. The average molecular weight is 123 g/mol. The Balaban J connectivity index is 3.00. The highest BCUT2D eigenvalue weighted by molar-refractivity contribution is 7.99. The van der Waals surface area contributed by atoms with Gasteiger partial charge in [0.1, 0.15) is 0 Å². The smallest absolute Gasteiger partial charge is 0.257 e. The van der Waals surface area contributed by atoms with E-state index in [1.807, 2.05) is 0 Å². The molecule has 4 heteroatoms. The maximum Gasteiger partial charge on any atom is 0.257 e. The molecule has 0 aromatic rings. The molecule has 0 aliphatic heterocycles. The molecular weight excluding hydrogens is 117 g/mol. The number of thioether (sulfide) groups is 1. The number of hydrogen-bond acceptors (Lipinski definition) is 2. The Bertz CT molecular complexity index is 68.0. The second-order valence-electron chi connectivity index (χ2n) is 0.951. The lowest BCUT2D eigenvalue weighted by molar-refractivity contribution is -0.122. The Labute approximate surface area is 45.4 Å². The van der Waals surface area contributed by atoms with Crippen LogP contribution in [0, 0.1) is 0 Å². The molecule has 42 valence electrons. The van der Waals surface area contributed by atoms with Gasteiger partial charge in [0.25, 0.3) is 5.91 Å². The van der Waals surface area contributed by atoms with E-state index in [-0.39, 0.29) is 5.75 Å². The van der Waals surface area contributed by atoms with Crippen LogP contribution in [0.15, 0.2) is 0 Å². The van der Waals surface area contributed by atoms with Crippen molar-refractivity contribution in [2.24, 2.45) is 0 Å². The third kappa shape index (κ3) is 3.58. The van der Waals surface area contributed by atoms with Gasteiger partial charge in [-0.2, -0.15) is 17.3 Å². The van der Waals surface area contributed by atoms with E-state index in [1.165, 1.54) is 11.8 Å². The normalized spacial score (nSPS) is 8.29. The van der Waals surface area contributed by atoms with Crippen molar-refractivity contribution < 1.29 is 9.28 Å². The lowest BCUT2D eigenvalue weighted by atomic mass is 10.8. The second-order valence-corrected chi connectivity index (χ2v) is 1.82. The molecule has 1 N–H and O–H groups in total. The Morgan fingerprint density at radius 2 is 2.57 bits per heavy atom. The van der Waals surface area contributed by atoms with E-state index >= 15 is 0 Å². The monoisotopic (exact) mass is 123 g/mol. The summed E-state index contributed by atoms with van der Waals surface area (Å²) >= 11 is 1.28. The quantitative estimate of drug-likeness (QED) is 0.537. The summed E-state index contributed by atoms with van der Waals surface area (Å²) in [5.74, 6) is -0.385. The first-order chi connectivity index (χ1) is 3.31. The Morgan fingerprint density at radius 3 is 2.71 bits per heavy atom. The summed E-state index contributed by atoms with van der Waals surface area (Å²) in [5, 5.41) is 0. The summed E-state index contributed by atoms with van der Waals surface area (Å²) in [6, 6.07) is 0. The van der Waals surface area contributed by atoms with Crippen LogP contribution in [-0.2, 0) is 4.79 Å². The SMILES string of the molecule is CSCC(=O)NF. The van der Waals surface area contributed by atoms with E-state index in [1.54, 1.807) is 6.26 Å². The molecule has 0 aliphatic carbocycles. The molecule has 0 rings (SSSR count). The first-order valence-corrected chi connectivity index (χ1v) is 3.09. The van der Waals surface area contributed by atoms with Crippen LogP contribution >= 0.6 is 11.8 Å². The first kappa shape index (κ1) is 6.75. The van der Waals surface area contributed by atoms with Crippen molar-refractivity contribution in [2.75, 3.05) is 12.0 Å². The van der Waals surface area contributed by atoms with Crippen molar-refractivity contribution >= 4 is 17.7 Å². The fraction of sp³-hybridized carbons (Fsp3) is 0.667. The number of rotatable bonds is 2. The van der Waals surface area contributed by atoms with E-state index in [9.17, 15) is 9.28 Å². The minimum Gasteiger partial charge on any atom is -0.272 e. The van der Waals surface area contributed by atoms with E-state index < -0.39 is 5.91 Å². The van der Waals surface area contributed by atoms with Crippen LogP contribution in [0.3, 0.4) is 0 Å². The predicted molar refractivity (Wildman–Crippen MR) is 27.6 cm³/mol. The summed E-state index contributed by atoms with van der Waals surface area (Å²) in [5.41, 5.74) is 1.01. The zero-order valence-corrected chi connectivity index (χ0v) is 4.72. The number of carbonyl (C=O) groups is 1. The first-order valence-electron chi connectivity index (χ1n) is 1.69. The lowest BCUT2D eigenvalue weighted by Gasteiger charge is -1.87. The van der Waals surface area contributed by atoms with E-state index in [4.69, 9.17) is 0 Å². The number of hydrogen-bond donors (Lipinski definition) is 1. The lowest BCUT2D eigenvalue weighted by Crippen LogP contribution is -2.15. The molecule has 2 nitrogen and oxygen atoms in total. The van der Waals surface area contributed by atoms with Crippen molar-refractivity contribution in [1.29, 1.82) is 0 Å². The number of nitrogens with one attached hydrogen (secondary N) is 1. The largest absolute Gasteiger partial charge is 0.272 e. The van der Waals surface area contributed by atoms with Crippen LogP contribution in [0.4, 0.5) is 4.48 Å². The molecule has 0 aliphatic rings. The molecule has 0 saturated carbocycles. The maximum absolute atomic E-state index is 11.0. The van der Waals surface area contributed by atoms with Gasteiger partial charge in [0.2, 0.25) is 0 Å². The predicted octanol–water partition coefficient (Wildman–Crippen LogP) is 0.350. The Morgan fingerprint density at radius 1 is 2.00 bits per heavy atom. The number of carbonyl (C=O) groups excluding carboxylic acids is 1. The Hall–Kier alpha value is -0.250. The maximum atomic E-state index is 11.0. The van der Waals surface area contributed by atoms with Gasteiger partial charge in [-0.1, -0.05) is 0 Å². The third-order valence-corrected chi connectivity index (χ3v) is 0.932. The molecule has 0 fully saturated rings. The van der Waals surface area contributed by atoms with Crippen LogP contribution in [0.5, 0.6) is 0 Å².